The Balaban J connectivity index is 2.02. The zero-order valence-electron chi connectivity index (χ0n) is 9.42. The smallest absolute Gasteiger partial charge is 0.0633 e. The van der Waals surface area contributed by atoms with E-state index >= 15 is 0 Å². The topological polar surface area (TPSA) is 9.23 Å². The second kappa shape index (κ2) is 3.79. The summed E-state index contributed by atoms with van der Waals surface area (Å²) in [6.45, 7) is 4.62. The monoisotopic (exact) mass is 260 g/mol. The Morgan fingerprint density at radius 3 is 2.36 bits per heavy atom. The van der Waals surface area contributed by atoms with Gasteiger partial charge in [-0.3, -0.25) is 0 Å². The average Bonchev–Trinajstić information content (AvgIpc) is 1.99. The van der Waals surface area contributed by atoms with Gasteiger partial charge in [0, 0.05) is 17.4 Å². The van der Waals surface area contributed by atoms with Crippen LogP contribution in [0.3, 0.4) is 0 Å². The molecule has 0 aromatic carbocycles. The summed E-state index contributed by atoms with van der Waals surface area (Å²) in [4.78, 5) is 0.689. The molecular weight excluding hydrogens is 240 g/mol. The Hall–Kier alpha value is 0.440. The van der Waals surface area contributed by atoms with E-state index in [-0.39, 0.29) is 0 Å². The average molecular weight is 261 g/mol. The fourth-order valence-electron chi connectivity index (χ4n) is 3.30. The summed E-state index contributed by atoms with van der Waals surface area (Å²) >= 11 is 3.87. The Kier molecular flexibility index (Phi) is 2.96. The van der Waals surface area contributed by atoms with Crippen LogP contribution in [0.2, 0.25) is 0 Å². The number of alkyl halides is 1. The summed E-state index contributed by atoms with van der Waals surface area (Å²) in [6, 6.07) is 0. The van der Waals surface area contributed by atoms with Gasteiger partial charge in [0.15, 0.2) is 0 Å². The summed E-state index contributed by atoms with van der Waals surface area (Å²) in [5, 5.41) is 0. The van der Waals surface area contributed by atoms with Gasteiger partial charge in [0.05, 0.1) is 6.10 Å². The Bertz CT molecular complexity index is 210. The van der Waals surface area contributed by atoms with Crippen LogP contribution >= 0.6 is 15.9 Å². The molecule has 2 aliphatic rings. The van der Waals surface area contributed by atoms with E-state index in [9.17, 15) is 0 Å². The van der Waals surface area contributed by atoms with E-state index in [2.05, 4.69) is 29.8 Å². The molecule has 2 aliphatic carbocycles. The lowest BCUT2D eigenvalue weighted by atomic mass is 9.46. The first-order valence-electron chi connectivity index (χ1n) is 5.78. The number of hydrogen-bond acceptors (Lipinski definition) is 1. The largest absolute Gasteiger partial charge is 0.381 e. The highest BCUT2D eigenvalue weighted by atomic mass is 79.9. The first-order valence-corrected chi connectivity index (χ1v) is 6.70. The van der Waals surface area contributed by atoms with Gasteiger partial charge in [-0.05, 0) is 31.1 Å². The summed E-state index contributed by atoms with van der Waals surface area (Å²) < 4.78 is 5.58. The van der Waals surface area contributed by atoms with Gasteiger partial charge < -0.3 is 4.74 Å². The molecule has 0 aliphatic heterocycles. The van der Waals surface area contributed by atoms with Crippen molar-refractivity contribution >= 4 is 15.9 Å². The van der Waals surface area contributed by atoms with E-state index in [4.69, 9.17) is 4.74 Å². The van der Waals surface area contributed by atoms with Crippen molar-refractivity contribution in [2.45, 2.75) is 50.5 Å². The lowest BCUT2D eigenvalue weighted by Crippen LogP contribution is -2.61. The molecule has 3 unspecified atom stereocenters. The third kappa shape index (κ3) is 1.37. The molecule has 0 aromatic rings. The van der Waals surface area contributed by atoms with Gasteiger partial charge in [-0.1, -0.05) is 36.2 Å². The number of ether oxygens (including phenoxy) is 1. The standard InChI is InChI=1S/C12H21BrO/c1-8(2)11(13)9-7-10(14-3)12(9)5-4-6-12/h8-11H,4-7H2,1-3H3. The number of methoxy groups -OCH3 is 1. The molecule has 0 N–H and O–H groups in total. The van der Waals surface area contributed by atoms with Crippen molar-refractivity contribution in [3.05, 3.63) is 0 Å². The van der Waals surface area contributed by atoms with Crippen LogP contribution in [0.5, 0.6) is 0 Å². The normalized spacial score (nSPS) is 36.6. The number of halogens is 1. The molecule has 0 saturated heterocycles. The highest BCUT2D eigenvalue weighted by Crippen LogP contribution is 2.63. The maximum absolute atomic E-state index is 5.58. The quantitative estimate of drug-likeness (QED) is 0.705. The Morgan fingerprint density at radius 2 is 2.00 bits per heavy atom. The number of hydrogen-bond donors (Lipinski definition) is 0. The third-order valence-corrected chi connectivity index (χ3v) is 6.13. The molecule has 0 heterocycles. The van der Waals surface area contributed by atoms with Crippen LogP contribution in [0.1, 0.15) is 39.5 Å². The summed E-state index contributed by atoms with van der Waals surface area (Å²) in [7, 11) is 1.87. The van der Waals surface area contributed by atoms with E-state index in [1.807, 2.05) is 7.11 Å². The highest BCUT2D eigenvalue weighted by molar-refractivity contribution is 9.09. The minimum absolute atomic E-state index is 0.556. The second-order valence-corrected chi connectivity index (χ2v) is 6.40. The molecule has 0 radical (unpaired) electrons. The van der Waals surface area contributed by atoms with Gasteiger partial charge in [-0.2, -0.15) is 0 Å². The SMILES string of the molecule is COC1CC(C(Br)C(C)C)C12CCC2. The molecule has 3 atom stereocenters. The lowest BCUT2D eigenvalue weighted by Gasteiger charge is -2.62. The molecule has 2 heteroatoms. The maximum Gasteiger partial charge on any atom is 0.0633 e. The van der Waals surface area contributed by atoms with Crippen molar-refractivity contribution in [2.75, 3.05) is 7.11 Å². The molecule has 0 amide bonds. The minimum atomic E-state index is 0.556. The predicted molar refractivity (Wildman–Crippen MR) is 62.7 cm³/mol. The van der Waals surface area contributed by atoms with Gasteiger partial charge in [-0.25, -0.2) is 0 Å². The van der Waals surface area contributed by atoms with Crippen molar-refractivity contribution in [3.63, 3.8) is 0 Å². The van der Waals surface area contributed by atoms with Crippen LogP contribution in [0, 0.1) is 17.3 Å². The van der Waals surface area contributed by atoms with Gasteiger partial charge >= 0.3 is 0 Å². The molecule has 2 rings (SSSR count). The summed E-state index contributed by atoms with van der Waals surface area (Å²) in [5.41, 5.74) is 0.563. The molecule has 2 saturated carbocycles. The van der Waals surface area contributed by atoms with Gasteiger partial charge in [-0.15, -0.1) is 0 Å². The maximum atomic E-state index is 5.58. The van der Waals surface area contributed by atoms with E-state index < -0.39 is 0 Å². The zero-order chi connectivity index (χ0) is 10.3. The summed E-state index contributed by atoms with van der Waals surface area (Å²) in [5.74, 6) is 1.61. The first kappa shape index (κ1) is 10.9. The van der Waals surface area contributed by atoms with Crippen LogP contribution in [-0.4, -0.2) is 18.0 Å². The van der Waals surface area contributed by atoms with Crippen molar-refractivity contribution in [2.24, 2.45) is 17.3 Å². The molecule has 0 bridgehead atoms. The first-order chi connectivity index (χ1) is 6.62. The van der Waals surface area contributed by atoms with Gasteiger partial charge in [0.25, 0.3) is 0 Å². The fraction of sp³-hybridized carbons (Fsp3) is 1.00. The Labute approximate surface area is 95.7 Å². The molecule has 2 fully saturated rings. The van der Waals surface area contributed by atoms with Gasteiger partial charge in [0.2, 0.25) is 0 Å². The van der Waals surface area contributed by atoms with Crippen LogP contribution in [0.25, 0.3) is 0 Å². The molecule has 82 valence electrons. The highest BCUT2D eigenvalue weighted by Gasteiger charge is 2.60. The van der Waals surface area contributed by atoms with Crippen LogP contribution in [0.15, 0.2) is 0 Å². The van der Waals surface area contributed by atoms with Crippen LogP contribution in [0.4, 0.5) is 0 Å². The summed E-state index contributed by atoms with van der Waals surface area (Å²) in [6.07, 6.45) is 6.02. The second-order valence-electron chi connectivity index (χ2n) is 5.34. The lowest BCUT2D eigenvalue weighted by molar-refractivity contribution is -0.186. The van der Waals surface area contributed by atoms with Crippen LogP contribution < -0.4 is 0 Å². The predicted octanol–water partition coefficient (Wildman–Crippen LogP) is 3.61. The number of rotatable bonds is 3. The fourth-order valence-corrected chi connectivity index (χ4v) is 4.04. The van der Waals surface area contributed by atoms with Crippen molar-refractivity contribution in [3.8, 4) is 0 Å². The third-order valence-electron chi connectivity index (χ3n) is 4.44. The molecule has 0 aromatic heterocycles. The van der Waals surface area contributed by atoms with E-state index in [1.165, 1.54) is 25.7 Å². The molecule has 1 spiro atoms. The minimum Gasteiger partial charge on any atom is -0.381 e. The van der Waals surface area contributed by atoms with Gasteiger partial charge in [0.1, 0.15) is 0 Å². The molecule has 14 heavy (non-hydrogen) atoms. The van der Waals surface area contributed by atoms with E-state index in [1.54, 1.807) is 0 Å². The van der Waals surface area contributed by atoms with Crippen molar-refractivity contribution in [1.82, 2.24) is 0 Å². The van der Waals surface area contributed by atoms with E-state index in [0.29, 0.717) is 16.3 Å². The molecular formula is C12H21BrO. The zero-order valence-corrected chi connectivity index (χ0v) is 11.0. The van der Waals surface area contributed by atoms with Crippen LogP contribution in [-0.2, 0) is 4.74 Å². The van der Waals surface area contributed by atoms with E-state index in [0.717, 1.165) is 11.8 Å². The molecule has 1 nitrogen and oxygen atoms in total. The van der Waals surface area contributed by atoms with Crippen molar-refractivity contribution < 1.29 is 4.74 Å². The van der Waals surface area contributed by atoms with Crippen molar-refractivity contribution in [1.29, 1.82) is 0 Å². The Morgan fingerprint density at radius 1 is 1.36 bits per heavy atom.